The van der Waals surface area contributed by atoms with Crippen molar-refractivity contribution in [2.24, 2.45) is 0 Å². The minimum absolute atomic E-state index is 0.0825. The molecule has 0 radical (unpaired) electrons. The average molecular weight is 532 g/mol. The number of imidazole rings is 1. The van der Waals surface area contributed by atoms with E-state index in [-0.39, 0.29) is 36.4 Å². The van der Waals surface area contributed by atoms with Gasteiger partial charge in [-0.05, 0) is 37.0 Å². The van der Waals surface area contributed by atoms with Gasteiger partial charge in [-0.3, -0.25) is 4.79 Å². The van der Waals surface area contributed by atoms with Gasteiger partial charge in [0.2, 0.25) is 5.91 Å². The average Bonchev–Trinajstić information content (AvgIpc) is 3.34. The van der Waals surface area contributed by atoms with Crippen LogP contribution < -0.4 is 5.32 Å². The van der Waals surface area contributed by atoms with E-state index in [0.29, 0.717) is 29.1 Å². The molecule has 1 aromatic carbocycles. The number of nitrogens with zero attached hydrogens (tertiary/aromatic N) is 5. The molecule has 1 amide bonds. The van der Waals surface area contributed by atoms with Crippen LogP contribution in [0.15, 0.2) is 53.7 Å². The van der Waals surface area contributed by atoms with Crippen LogP contribution in [-0.2, 0) is 23.1 Å². The van der Waals surface area contributed by atoms with E-state index in [1.165, 1.54) is 42.3 Å². The molecule has 4 aromatic rings. The maximum absolute atomic E-state index is 14.7. The summed E-state index contributed by atoms with van der Waals surface area (Å²) in [5.74, 6) is -1.37. The number of aromatic nitrogens is 5. The zero-order valence-electron chi connectivity index (χ0n) is 20.0. The van der Waals surface area contributed by atoms with Crippen molar-refractivity contribution in [2.45, 2.75) is 50.5 Å². The Labute approximate surface area is 212 Å². The molecule has 198 valence electrons. The van der Waals surface area contributed by atoms with Gasteiger partial charge in [0.25, 0.3) is 0 Å². The number of halogens is 5. The summed E-state index contributed by atoms with van der Waals surface area (Å²) in [6.07, 6.45) is 0.0665. The van der Waals surface area contributed by atoms with Crippen LogP contribution in [0, 0.1) is 5.82 Å². The van der Waals surface area contributed by atoms with E-state index >= 15 is 0 Å². The predicted octanol–water partition coefficient (Wildman–Crippen LogP) is 5.32. The number of carbonyl (C=O) groups excluding carboxylic acids is 1. The Kier molecular flexibility index (Phi) is 6.45. The smallest absolute Gasteiger partial charge is 0.358 e. The second-order valence-corrected chi connectivity index (χ2v) is 9.14. The summed E-state index contributed by atoms with van der Waals surface area (Å²) in [6, 6.07) is 5.32. The number of carbonyl (C=O) groups is 1. The van der Waals surface area contributed by atoms with E-state index < -0.39 is 29.6 Å². The van der Waals surface area contributed by atoms with Crippen molar-refractivity contribution in [1.29, 1.82) is 0 Å². The van der Waals surface area contributed by atoms with Crippen molar-refractivity contribution in [2.75, 3.05) is 5.32 Å². The molecule has 1 aliphatic carbocycles. The maximum Gasteiger partial charge on any atom is 0.401 e. The third-order valence-electron chi connectivity index (χ3n) is 6.39. The fraction of sp³-hybridized carbons (Fsp3) is 0.320. The first-order chi connectivity index (χ1) is 18.0. The summed E-state index contributed by atoms with van der Waals surface area (Å²) in [7, 11) is 0. The summed E-state index contributed by atoms with van der Waals surface area (Å²) in [5, 5.41) is 5.84. The van der Waals surface area contributed by atoms with Crippen LogP contribution in [0.1, 0.15) is 48.9 Å². The lowest BCUT2D eigenvalue weighted by molar-refractivity contribution is -0.165. The number of benzene rings is 1. The summed E-state index contributed by atoms with van der Waals surface area (Å²) >= 11 is 0. The molecule has 1 N–H and O–H groups in total. The Balaban J connectivity index is 1.20. The van der Waals surface area contributed by atoms with Crippen molar-refractivity contribution >= 4 is 11.7 Å². The number of amides is 1. The second kappa shape index (κ2) is 9.62. The fourth-order valence-corrected chi connectivity index (χ4v) is 4.01. The molecule has 1 saturated carbocycles. The molecule has 1 aliphatic rings. The molecule has 8 nitrogen and oxygen atoms in total. The van der Waals surface area contributed by atoms with Gasteiger partial charge in [0, 0.05) is 30.2 Å². The third-order valence-corrected chi connectivity index (χ3v) is 6.39. The predicted molar refractivity (Wildman–Crippen MR) is 124 cm³/mol. The summed E-state index contributed by atoms with van der Waals surface area (Å²) < 4.78 is 73.9. The van der Waals surface area contributed by atoms with Gasteiger partial charge in [-0.25, -0.2) is 23.7 Å². The van der Waals surface area contributed by atoms with Gasteiger partial charge in [-0.1, -0.05) is 17.3 Å². The van der Waals surface area contributed by atoms with Crippen LogP contribution >= 0.6 is 0 Å². The van der Waals surface area contributed by atoms with E-state index in [0.717, 1.165) is 6.07 Å². The number of rotatable bonds is 8. The highest BCUT2D eigenvalue weighted by Gasteiger charge is 2.66. The highest BCUT2D eigenvalue weighted by atomic mass is 19.4. The van der Waals surface area contributed by atoms with Gasteiger partial charge >= 0.3 is 6.18 Å². The lowest BCUT2D eigenvalue weighted by Crippen LogP contribution is -2.28. The van der Waals surface area contributed by atoms with Crippen molar-refractivity contribution in [1.82, 2.24) is 24.7 Å². The molecule has 5 rings (SSSR count). The molecule has 0 aliphatic heterocycles. The number of anilines is 1. The molecule has 38 heavy (non-hydrogen) atoms. The molecule has 3 aromatic heterocycles. The summed E-state index contributed by atoms with van der Waals surface area (Å²) in [4.78, 5) is 25.0. The van der Waals surface area contributed by atoms with Gasteiger partial charge in [-0.2, -0.15) is 13.2 Å². The first kappa shape index (κ1) is 25.5. The van der Waals surface area contributed by atoms with Gasteiger partial charge < -0.3 is 14.4 Å². The molecule has 1 atom stereocenters. The highest BCUT2D eigenvalue weighted by molar-refractivity contribution is 5.91. The Morgan fingerprint density at radius 1 is 1.16 bits per heavy atom. The van der Waals surface area contributed by atoms with Gasteiger partial charge in [0.15, 0.2) is 17.9 Å². The van der Waals surface area contributed by atoms with Crippen LogP contribution in [0.5, 0.6) is 0 Å². The Hall–Kier alpha value is -4.16. The molecular weight excluding hydrogens is 511 g/mol. The van der Waals surface area contributed by atoms with E-state index in [2.05, 4.69) is 25.4 Å². The van der Waals surface area contributed by atoms with Crippen LogP contribution in [0.4, 0.5) is 27.8 Å². The summed E-state index contributed by atoms with van der Waals surface area (Å²) in [6.45, 7) is 1.39. The molecule has 13 heteroatoms. The standard InChI is InChI=1S/C25H21F5N6O2/c1-14(26)36-12-18(33-13-36)8-21-31-10-17(11-32-21)15-2-3-16(19(27)6-15)7-23(37)34-22-9-20(38-35-22)24(4-5-24)25(28,29)30/h2-3,6,9-14H,4-5,7-8H2,1H3,(H,34,35,37). The Morgan fingerprint density at radius 2 is 1.89 bits per heavy atom. The highest BCUT2D eigenvalue weighted by Crippen LogP contribution is 2.59. The lowest BCUT2D eigenvalue weighted by atomic mass is 10.0. The van der Waals surface area contributed by atoms with Crippen molar-refractivity contribution in [3.05, 3.63) is 77.8 Å². The zero-order chi connectivity index (χ0) is 27.1. The molecule has 1 fully saturated rings. The minimum atomic E-state index is -4.47. The number of hydrogen-bond acceptors (Lipinski definition) is 6. The number of hydrogen-bond donors (Lipinski definition) is 1. The number of alkyl halides is 4. The van der Waals surface area contributed by atoms with Crippen molar-refractivity contribution < 1.29 is 31.3 Å². The molecule has 0 spiro atoms. The minimum Gasteiger partial charge on any atom is -0.358 e. The monoisotopic (exact) mass is 532 g/mol. The largest absolute Gasteiger partial charge is 0.401 e. The van der Waals surface area contributed by atoms with Gasteiger partial charge in [0.1, 0.15) is 17.1 Å². The molecular formula is C25H21F5N6O2. The lowest BCUT2D eigenvalue weighted by Gasteiger charge is -2.14. The van der Waals surface area contributed by atoms with Crippen LogP contribution in [-0.4, -0.2) is 36.8 Å². The van der Waals surface area contributed by atoms with Crippen LogP contribution in [0.3, 0.4) is 0 Å². The molecule has 3 heterocycles. The Bertz CT molecular complexity index is 1460. The van der Waals surface area contributed by atoms with Crippen molar-refractivity contribution in [3.8, 4) is 11.1 Å². The quantitative estimate of drug-likeness (QED) is 0.309. The first-order valence-electron chi connectivity index (χ1n) is 11.6. The van der Waals surface area contributed by atoms with Crippen molar-refractivity contribution in [3.63, 3.8) is 0 Å². The summed E-state index contributed by atoms with van der Waals surface area (Å²) in [5.41, 5.74) is -0.342. The molecule has 0 bridgehead atoms. The Morgan fingerprint density at radius 3 is 2.50 bits per heavy atom. The SMILES string of the molecule is CC(F)n1cnc(Cc2ncc(-c3ccc(CC(=O)Nc4cc(C5(C(F)(F)F)CC5)on4)c(F)c3)cn2)c1. The molecule has 1 unspecified atom stereocenters. The van der Waals surface area contributed by atoms with E-state index in [9.17, 15) is 26.7 Å². The van der Waals surface area contributed by atoms with Crippen LogP contribution in [0.25, 0.3) is 11.1 Å². The fourth-order valence-electron chi connectivity index (χ4n) is 4.01. The van der Waals surface area contributed by atoms with Gasteiger partial charge in [0.05, 0.1) is 24.9 Å². The van der Waals surface area contributed by atoms with E-state index in [4.69, 9.17) is 4.52 Å². The number of nitrogens with one attached hydrogen (secondary N) is 1. The topological polar surface area (TPSA) is 98.7 Å². The normalized spacial score (nSPS) is 15.3. The van der Waals surface area contributed by atoms with E-state index in [1.54, 1.807) is 12.3 Å². The van der Waals surface area contributed by atoms with Crippen LogP contribution in [0.2, 0.25) is 0 Å². The van der Waals surface area contributed by atoms with Gasteiger partial charge in [-0.15, -0.1) is 0 Å². The molecule has 0 saturated heterocycles. The zero-order valence-corrected chi connectivity index (χ0v) is 20.0. The second-order valence-electron chi connectivity index (χ2n) is 9.14. The maximum atomic E-state index is 14.7. The third kappa shape index (κ3) is 5.13. The first-order valence-corrected chi connectivity index (χ1v) is 11.6. The van der Waals surface area contributed by atoms with E-state index in [1.807, 2.05) is 0 Å².